The minimum atomic E-state index is -4.14. The van der Waals surface area contributed by atoms with Gasteiger partial charge in [-0.15, -0.1) is 0 Å². The summed E-state index contributed by atoms with van der Waals surface area (Å²) in [5.41, 5.74) is 1.94. The molecule has 0 saturated heterocycles. The molecule has 0 bridgehead atoms. The average Bonchev–Trinajstić information content (AvgIpc) is 2.99. The number of methoxy groups -OCH3 is 1. The molecule has 2 amide bonds. The smallest absolute Gasteiger partial charge is 0.264 e. The van der Waals surface area contributed by atoms with Gasteiger partial charge in [0.05, 0.1) is 17.7 Å². The highest BCUT2D eigenvalue weighted by Crippen LogP contribution is 2.27. The van der Waals surface area contributed by atoms with Gasteiger partial charge in [-0.05, 0) is 80.8 Å². The zero-order chi connectivity index (χ0) is 30.3. The first-order valence-electron chi connectivity index (χ1n) is 14.2. The van der Waals surface area contributed by atoms with E-state index >= 15 is 0 Å². The average molecular weight is 612 g/mol. The summed E-state index contributed by atoms with van der Waals surface area (Å²) in [6.45, 7) is 3.13. The first-order valence-corrected chi connectivity index (χ1v) is 16.0. The highest BCUT2D eigenvalue weighted by molar-refractivity contribution is 7.92. The molecule has 0 radical (unpaired) electrons. The minimum Gasteiger partial charge on any atom is -0.497 e. The normalized spacial score (nSPS) is 14.6. The lowest BCUT2D eigenvalue weighted by Crippen LogP contribution is -2.53. The Bertz CT molecular complexity index is 1470. The molecule has 1 unspecified atom stereocenters. The van der Waals surface area contributed by atoms with Gasteiger partial charge in [-0.1, -0.05) is 60.7 Å². The Hall–Kier alpha value is -3.56. The summed E-state index contributed by atoms with van der Waals surface area (Å²) in [4.78, 5) is 29.0. The number of rotatable bonds is 11. The van der Waals surface area contributed by atoms with Crippen LogP contribution in [0.5, 0.6) is 5.75 Å². The predicted molar refractivity (Wildman–Crippen MR) is 165 cm³/mol. The highest BCUT2D eigenvalue weighted by Gasteiger charge is 2.33. The number of carbonyl (C=O) groups excluding carboxylic acids is 2. The summed E-state index contributed by atoms with van der Waals surface area (Å²) in [6.07, 6.45) is 5.07. The van der Waals surface area contributed by atoms with E-state index in [0.29, 0.717) is 10.8 Å². The zero-order valence-corrected chi connectivity index (χ0v) is 25.8. The van der Waals surface area contributed by atoms with Gasteiger partial charge >= 0.3 is 0 Å². The number of benzene rings is 3. The van der Waals surface area contributed by atoms with E-state index in [2.05, 4.69) is 5.32 Å². The van der Waals surface area contributed by atoms with Crippen molar-refractivity contribution in [3.8, 4) is 5.75 Å². The quantitative estimate of drug-likeness (QED) is 0.299. The Kier molecular flexibility index (Phi) is 10.5. The van der Waals surface area contributed by atoms with Crippen molar-refractivity contribution < 1.29 is 22.7 Å². The maximum Gasteiger partial charge on any atom is 0.264 e. The molecule has 1 fully saturated rings. The number of hydrogen-bond donors (Lipinski definition) is 1. The molecule has 4 rings (SSSR count). The Morgan fingerprint density at radius 3 is 2.31 bits per heavy atom. The van der Waals surface area contributed by atoms with Gasteiger partial charge in [0.15, 0.2) is 0 Å². The lowest BCUT2D eigenvalue weighted by Gasteiger charge is -2.33. The Labute approximate surface area is 253 Å². The van der Waals surface area contributed by atoms with Crippen molar-refractivity contribution in [2.75, 3.05) is 18.0 Å². The van der Waals surface area contributed by atoms with Gasteiger partial charge in [-0.3, -0.25) is 13.9 Å². The van der Waals surface area contributed by atoms with Crippen molar-refractivity contribution in [3.63, 3.8) is 0 Å². The van der Waals surface area contributed by atoms with Gasteiger partial charge in [0.2, 0.25) is 11.8 Å². The summed E-state index contributed by atoms with van der Waals surface area (Å²) < 4.78 is 34.3. The number of sulfonamides is 1. The highest BCUT2D eigenvalue weighted by atomic mass is 35.5. The third-order valence-corrected chi connectivity index (χ3v) is 9.65. The first kappa shape index (κ1) is 31.4. The summed E-state index contributed by atoms with van der Waals surface area (Å²) >= 11 is 6.09. The van der Waals surface area contributed by atoms with Crippen LogP contribution in [0.1, 0.15) is 50.2 Å². The van der Waals surface area contributed by atoms with E-state index in [1.807, 2.05) is 19.1 Å². The summed E-state index contributed by atoms with van der Waals surface area (Å²) in [6, 6.07) is 19.2. The summed E-state index contributed by atoms with van der Waals surface area (Å²) in [5, 5.41) is 3.55. The minimum absolute atomic E-state index is 0.0540. The number of ether oxygens (including phenoxy) is 1. The molecule has 1 atom stereocenters. The van der Waals surface area contributed by atoms with Crippen LogP contribution in [0.4, 0.5) is 5.69 Å². The maximum atomic E-state index is 14.1. The fourth-order valence-electron chi connectivity index (χ4n) is 5.09. The number of anilines is 1. The van der Waals surface area contributed by atoms with Crippen LogP contribution < -0.4 is 14.4 Å². The third kappa shape index (κ3) is 7.83. The number of nitrogens with one attached hydrogen (secondary N) is 1. The first-order chi connectivity index (χ1) is 20.1. The van der Waals surface area contributed by atoms with Crippen molar-refractivity contribution in [2.24, 2.45) is 0 Å². The van der Waals surface area contributed by atoms with E-state index in [1.165, 1.54) is 17.0 Å². The summed E-state index contributed by atoms with van der Waals surface area (Å²) in [7, 11) is -2.58. The number of carbonyl (C=O) groups is 2. The third-order valence-electron chi connectivity index (χ3n) is 7.61. The Balaban J connectivity index is 1.68. The van der Waals surface area contributed by atoms with E-state index in [1.54, 1.807) is 62.6 Å². The van der Waals surface area contributed by atoms with Gasteiger partial charge in [-0.25, -0.2) is 8.42 Å². The fraction of sp³-hybridized carbons (Fsp3) is 0.375. The predicted octanol–water partition coefficient (Wildman–Crippen LogP) is 5.72. The van der Waals surface area contributed by atoms with Crippen LogP contribution in [0.2, 0.25) is 5.02 Å². The van der Waals surface area contributed by atoms with Crippen molar-refractivity contribution in [2.45, 2.75) is 69.5 Å². The van der Waals surface area contributed by atoms with Crippen LogP contribution in [0.3, 0.4) is 0 Å². The molecular weight excluding hydrogens is 574 g/mol. The molecule has 0 aliphatic heterocycles. The number of amides is 2. The van der Waals surface area contributed by atoms with Gasteiger partial charge in [0.25, 0.3) is 10.0 Å². The van der Waals surface area contributed by atoms with E-state index in [0.717, 1.165) is 47.5 Å². The van der Waals surface area contributed by atoms with E-state index in [-0.39, 0.29) is 29.1 Å². The van der Waals surface area contributed by atoms with Gasteiger partial charge in [-0.2, -0.15) is 0 Å². The Morgan fingerprint density at radius 2 is 1.67 bits per heavy atom. The van der Waals surface area contributed by atoms with Crippen LogP contribution in [-0.4, -0.2) is 50.9 Å². The van der Waals surface area contributed by atoms with Crippen LogP contribution >= 0.6 is 11.6 Å². The van der Waals surface area contributed by atoms with E-state index in [4.69, 9.17) is 16.3 Å². The molecule has 3 aromatic rings. The number of hydrogen-bond acceptors (Lipinski definition) is 5. The van der Waals surface area contributed by atoms with Crippen molar-refractivity contribution in [1.29, 1.82) is 0 Å². The fourth-order valence-corrected chi connectivity index (χ4v) is 6.63. The van der Waals surface area contributed by atoms with Crippen molar-refractivity contribution in [1.82, 2.24) is 10.2 Å². The van der Waals surface area contributed by atoms with Crippen molar-refractivity contribution in [3.05, 3.63) is 88.9 Å². The maximum absolute atomic E-state index is 14.1. The molecule has 1 aliphatic carbocycles. The molecular formula is C32H38ClN3O5S. The second-order valence-electron chi connectivity index (χ2n) is 10.7. The lowest BCUT2D eigenvalue weighted by molar-refractivity contribution is -0.139. The van der Waals surface area contributed by atoms with E-state index in [9.17, 15) is 18.0 Å². The monoisotopic (exact) mass is 611 g/mol. The molecule has 224 valence electrons. The molecule has 0 heterocycles. The number of nitrogens with zero attached hydrogens (tertiary/aromatic N) is 2. The molecule has 0 aromatic heterocycles. The van der Waals surface area contributed by atoms with Crippen LogP contribution in [0, 0.1) is 6.92 Å². The second kappa shape index (κ2) is 14.1. The standard InChI is InChI=1S/C32H38ClN3O5S/c1-23-12-18-30(19-13-23)42(39,40)36(28-16-14-26(33)15-17-28)22-31(37)35(21-25-8-7-11-29(20-25)41-3)24(2)32(38)34-27-9-5-4-6-10-27/h7-8,11-20,24,27H,4-6,9-10,21-22H2,1-3H3,(H,34,38). The molecule has 42 heavy (non-hydrogen) atoms. The molecule has 1 aliphatic rings. The van der Waals surface area contributed by atoms with Crippen LogP contribution in [0.15, 0.2) is 77.7 Å². The van der Waals surface area contributed by atoms with Gasteiger partial charge in [0, 0.05) is 17.6 Å². The largest absolute Gasteiger partial charge is 0.497 e. The Morgan fingerprint density at radius 1 is 1.00 bits per heavy atom. The summed E-state index contributed by atoms with van der Waals surface area (Å²) in [5.74, 6) is -0.170. The number of halogens is 1. The molecule has 3 aromatic carbocycles. The molecule has 1 saturated carbocycles. The zero-order valence-electron chi connectivity index (χ0n) is 24.3. The molecule has 10 heteroatoms. The number of aryl methyl sites for hydroxylation is 1. The second-order valence-corrected chi connectivity index (χ2v) is 13.0. The lowest BCUT2D eigenvalue weighted by atomic mass is 9.95. The van der Waals surface area contributed by atoms with Gasteiger partial charge < -0.3 is 15.0 Å². The van der Waals surface area contributed by atoms with Gasteiger partial charge in [0.1, 0.15) is 18.3 Å². The molecule has 8 nitrogen and oxygen atoms in total. The SMILES string of the molecule is COc1cccc(CN(C(=O)CN(c2ccc(Cl)cc2)S(=O)(=O)c2ccc(C)cc2)C(C)C(=O)NC2CCCCC2)c1. The van der Waals surface area contributed by atoms with Crippen molar-refractivity contribution >= 4 is 39.1 Å². The molecule has 1 N–H and O–H groups in total. The van der Waals surface area contributed by atoms with E-state index < -0.39 is 28.5 Å². The van der Waals surface area contributed by atoms with Crippen LogP contribution in [-0.2, 0) is 26.2 Å². The van der Waals surface area contributed by atoms with Crippen LogP contribution in [0.25, 0.3) is 0 Å². The topological polar surface area (TPSA) is 96.0 Å². The molecule has 0 spiro atoms.